The highest BCUT2D eigenvalue weighted by atomic mass is 35.5. The van der Waals surface area contributed by atoms with E-state index in [0.29, 0.717) is 12.8 Å². The SMILES string of the molecule is Cl.N[C@H](C1CCCCC1)C(F)(F)C(F)(F)C(F)(F)F. The maximum Gasteiger partial charge on any atom is 0.459 e. The van der Waals surface area contributed by atoms with E-state index in [2.05, 4.69) is 0 Å². The lowest BCUT2D eigenvalue weighted by atomic mass is 9.80. The second-order valence-corrected chi connectivity index (χ2v) is 4.62. The van der Waals surface area contributed by atoms with Crippen LogP contribution in [0.3, 0.4) is 0 Å². The topological polar surface area (TPSA) is 26.0 Å². The minimum Gasteiger partial charge on any atom is -0.322 e. The van der Waals surface area contributed by atoms with Crippen molar-refractivity contribution in [2.75, 3.05) is 0 Å². The van der Waals surface area contributed by atoms with Gasteiger partial charge in [0.2, 0.25) is 0 Å². The highest BCUT2D eigenvalue weighted by molar-refractivity contribution is 5.85. The predicted molar refractivity (Wildman–Crippen MR) is 57.7 cm³/mol. The van der Waals surface area contributed by atoms with E-state index in [4.69, 9.17) is 5.73 Å². The molecule has 0 bridgehead atoms. The molecule has 0 radical (unpaired) electrons. The Bertz CT molecular complexity index is 286. The molecule has 1 aliphatic rings. The average molecular weight is 318 g/mol. The summed E-state index contributed by atoms with van der Waals surface area (Å²) in [4.78, 5) is 0. The van der Waals surface area contributed by atoms with Crippen LogP contribution >= 0.6 is 12.4 Å². The van der Waals surface area contributed by atoms with Gasteiger partial charge in [-0.3, -0.25) is 0 Å². The summed E-state index contributed by atoms with van der Waals surface area (Å²) < 4.78 is 88.0. The third kappa shape index (κ3) is 3.45. The van der Waals surface area contributed by atoms with Gasteiger partial charge in [-0.25, -0.2) is 0 Å². The van der Waals surface area contributed by atoms with Crippen LogP contribution in [0.4, 0.5) is 30.7 Å². The van der Waals surface area contributed by atoms with Gasteiger partial charge in [0.05, 0.1) is 6.04 Å². The van der Waals surface area contributed by atoms with Crippen LogP contribution in [0.2, 0.25) is 0 Å². The maximum absolute atomic E-state index is 13.3. The van der Waals surface area contributed by atoms with Crippen LogP contribution in [0.1, 0.15) is 32.1 Å². The average Bonchev–Trinajstić information content (AvgIpc) is 2.27. The van der Waals surface area contributed by atoms with Crippen molar-refractivity contribution in [3.8, 4) is 0 Å². The summed E-state index contributed by atoms with van der Waals surface area (Å²) >= 11 is 0. The summed E-state index contributed by atoms with van der Waals surface area (Å²) in [5.41, 5.74) is 4.98. The van der Waals surface area contributed by atoms with E-state index >= 15 is 0 Å². The van der Waals surface area contributed by atoms with Crippen LogP contribution in [0.25, 0.3) is 0 Å². The molecule has 1 aliphatic carbocycles. The molecule has 0 aromatic rings. The number of alkyl halides is 7. The molecular formula is C10H15ClF7N. The lowest BCUT2D eigenvalue weighted by molar-refractivity contribution is -0.361. The molecule has 1 nitrogen and oxygen atoms in total. The molecule has 0 heterocycles. The summed E-state index contributed by atoms with van der Waals surface area (Å²) in [5.74, 6) is -12.4. The first-order valence-electron chi connectivity index (χ1n) is 5.59. The van der Waals surface area contributed by atoms with Crippen LogP contribution < -0.4 is 5.73 Å². The first kappa shape index (κ1) is 18.8. The summed E-state index contributed by atoms with van der Waals surface area (Å²) in [7, 11) is 0. The Labute approximate surface area is 112 Å². The standard InChI is InChI=1S/C10H14F7N.ClH/c11-8(12,9(13,14)10(15,16)17)7(18)6-4-2-1-3-5-6;/h6-7H,1-5,18H2;1H/t7-;/m1./s1. The molecule has 0 amide bonds. The number of nitrogens with two attached hydrogens (primary N) is 1. The van der Waals surface area contributed by atoms with Gasteiger partial charge < -0.3 is 5.73 Å². The second kappa shape index (κ2) is 6.03. The third-order valence-electron chi connectivity index (χ3n) is 3.35. The minimum absolute atomic E-state index is 0. The first-order valence-corrected chi connectivity index (χ1v) is 5.59. The van der Waals surface area contributed by atoms with Gasteiger partial charge in [0.25, 0.3) is 0 Å². The molecule has 116 valence electrons. The molecule has 0 aromatic carbocycles. The zero-order chi connectivity index (χ0) is 14.2. The molecule has 1 atom stereocenters. The van der Waals surface area contributed by atoms with E-state index < -0.39 is 30.0 Å². The summed E-state index contributed by atoms with van der Waals surface area (Å²) in [6.45, 7) is 0. The Kier molecular flexibility index (Phi) is 5.96. The van der Waals surface area contributed by atoms with E-state index in [1.807, 2.05) is 0 Å². The van der Waals surface area contributed by atoms with E-state index in [1.54, 1.807) is 0 Å². The summed E-state index contributed by atoms with van der Waals surface area (Å²) in [5, 5.41) is 0. The number of halogens is 8. The second-order valence-electron chi connectivity index (χ2n) is 4.62. The van der Waals surface area contributed by atoms with Crippen molar-refractivity contribution in [2.24, 2.45) is 11.7 Å². The van der Waals surface area contributed by atoms with Crippen molar-refractivity contribution < 1.29 is 30.7 Å². The predicted octanol–water partition coefficient (Wildman–Crippen LogP) is 4.15. The number of hydrogen-bond donors (Lipinski definition) is 1. The van der Waals surface area contributed by atoms with E-state index in [9.17, 15) is 30.7 Å². The smallest absolute Gasteiger partial charge is 0.322 e. The Morgan fingerprint density at radius 3 is 1.63 bits per heavy atom. The van der Waals surface area contributed by atoms with Crippen LogP contribution in [0.5, 0.6) is 0 Å². The minimum atomic E-state index is -6.30. The molecule has 0 aromatic heterocycles. The Morgan fingerprint density at radius 2 is 1.26 bits per heavy atom. The summed E-state index contributed by atoms with van der Waals surface area (Å²) in [6, 6.07) is -2.48. The van der Waals surface area contributed by atoms with Crippen molar-refractivity contribution in [1.82, 2.24) is 0 Å². The van der Waals surface area contributed by atoms with Gasteiger partial charge in [-0.1, -0.05) is 19.3 Å². The van der Waals surface area contributed by atoms with Crippen molar-refractivity contribution >= 4 is 12.4 Å². The molecule has 9 heteroatoms. The third-order valence-corrected chi connectivity index (χ3v) is 3.35. The first-order chi connectivity index (χ1) is 8.02. The van der Waals surface area contributed by atoms with Gasteiger partial charge >= 0.3 is 18.0 Å². The highest BCUT2D eigenvalue weighted by Gasteiger charge is 2.75. The van der Waals surface area contributed by atoms with E-state index in [-0.39, 0.29) is 25.2 Å². The highest BCUT2D eigenvalue weighted by Crippen LogP contribution is 2.49. The molecular weight excluding hydrogens is 303 g/mol. The van der Waals surface area contributed by atoms with Crippen LogP contribution in [0.15, 0.2) is 0 Å². The summed E-state index contributed by atoms with van der Waals surface area (Å²) in [6.07, 6.45) is -4.19. The molecule has 0 unspecified atom stereocenters. The van der Waals surface area contributed by atoms with E-state index in [0.717, 1.165) is 6.42 Å². The van der Waals surface area contributed by atoms with Crippen LogP contribution in [-0.2, 0) is 0 Å². The van der Waals surface area contributed by atoms with E-state index in [1.165, 1.54) is 0 Å². The van der Waals surface area contributed by atoms with Crippen molar-refractivity contribution in [3.05, 3.63) is 0 Å². The molecule has 0 spiro atoms. The molecule has 1 saturated carbocycles. The van der Waals surface area contributed by atoms with Crippen molar-refractivity contribution in [1.29, 1.82) is 0 Å². The van der Waals surface area contributed by atoms with Crippen molar-refractivity contribution in [3.63, 3.8) is 0 Å². The van der Waals surface area contributed by atoms with Crippen molar-refractivity contribution in [2.45, 2.75) is 56.2 Å². The number of rotatable bonds is 3. The zero-order valence-electron chi connectivity index (χ0n) is 9.82. The van der Waals surface area contributed by atoms with Gasteiger partial charge in [0.15, 0.2) is 0 Å². The molecule has 19 heavy (non-hydrogen) atoms. The Hall–Kier alpha value is -0.240. The van der Waals surface area contributed by atoms with Gasteiger partial charge in [0.1, 0.15) is 0 Å². The lowest BCUT2D eigenvalue weighted by Gasteiger charge is -2.37. The fourth-order valence-electron chi connectivity index (χ4n) is 2.19. The zero-order valence-corrected chi connectivity index (χ0v) is 10.6. The Balaban J connectivity index is 0.00000324. The molecule has 1 rings (SSSR count). The molecule has 1 fully saturated rings. The van der Waals surface area contributed by atoms with Crippen LogP contribution in [-0.4, -0.2) is 24.1 Å². The normalized spacial score (nSPS) is 20.8. The van der Waals surface area contributed by atoms with Gasteiger partial charge in [-0.2, -0.15) is 30.7 Å². The fourth-order valence-corrected chi connectivity index (χ4v) is 2.19. The molecule has 0 aliphatic heterocycles. The van der Waals surface area contributed by atoms with Gasteiger partial charge in [0, 0.05) is 0 Å². The quantitative estimate of drug-likeness (QED) is 0.778. The molecule has 2 N–H and O–H groups in total. The van der Waals surface area contributed by atoms with Gasteiger partial charge in [-0.05, 0) is 18.8 Å². The largest absolute Gasteiger partial charge is 0.459 e. The van der Waals surface area contributed by atoms with Crippen LogP contribution in [0, 0.1) is 5.92 Å². The lowest BCUT2D eigenvalue weighted by Crippen LogP contribution is -2.62. The monoisotopic (exact) mass is 317 g/mol. The molecule has 0 saturated heterocycles. The fraction of sp³-hybridized carbons (Fsp3) is 1.00. The van der Waals surface area contributed by atoms with Gasteiger partial charge in [-0.15, -0.1) is 12.4 Å². The number of hydrogen-bond acceptors (Lipinski definition) is 1. The maximum atomic E-state index is 13.3. The Morgan fingerprint density at radius 1 is 0.842 bits per heavy atom.